The van der Waals surface area contributed by atoms with E-state index in [1.165, 1.54) is 17.3 Å². The summed E-state index contributed by atoms with van der Waals surface area (Å²) in [5.41, 5.74) is 5.41. The summed E-state index contributed by atoms with van der Waals surface area (Å²) in [6.07, 6.45) is 0.654. The SMILES string of the molecule is CCC(Sc1nc(C)cc(C)c1C#N)C(=O)Nc1ccc(C)c(C)c1. The molecule has 2 aromatic rings. The smallest absolute Gasteiger partial charge is 0.237 e. The van der Waals surface area contributed by atoms with Gasteiger partial charge >= 0.3 is 0 Å². The van der Waals surface area contributed by atoms with Crippen molar-refractivity contribution in [2.24, 2.45) is 0 Å². The molecule has 0 saturated heterocycles. The van der Waals surface area contributed by atoms with Crippen LogP contribution in [0.25, 0.3) is 0 Å². The molecule has 1 N–H and O–H groups in total. The molecule has 1 atom stereocenters. The molecular weight excluding hydrogens is 330 g/mol. The second-order valence-electron chi connectivity index (χ2n) is 6.18. The van der Waals surface area contributed by atoms with Crippen molar-refractivity contribution in [1.82, 2.24) is 4.98 Å². The van der Waals surface area contributed by atoms with Crippen molar-refractivity contribution in [1.29, 1.82) is 5.26 Å². The van der Waals surface area contributed by atoms with Gasteiger partial charge in [-0.3, -0.25) is 4.79 Å². The van der Waals surface area contributed by atoms with Gasteiger partial charge in [-0.05, 0) is 69.0 Å². The number of nitrogens with zero attached hydrogens (tertiary/aromatic N) is 2. The third-order valence-corrected chi connectivity index (χ3v) is 5.47. The van der Waals surface area contributed by atoms with Crippen molar-refractivity contribution in [3.63, 3.8) is 0 Å². The summed E-state index contributed by atoms with van der Waals surface area (Å²) in [5.74, 6) is -0.0689. The molecule has 0 aliphatic rings. The zero-order valence-electron chi connectivity index (χ0n) is 15.3. The minimum Gasteiger partial charge on any atom is -0.325 e. The molecule has 0 spiro atoms. The molecular formula is C20H23N3OS. The van der Waals surface area contributed by atoms with Gasteiger partial charge in [0.1, 0.15) is 11.1 Å². The molecule has 0 aliphatic heterocycles. The average molecular weight is 353 g/mol. The van der Waals surface area contributed by atoms with Gasteiger partial charge < -0.3 is 5.32 Å². The number of aryl methyl sites for hydroxylation is 4. The van der Waals surface area contributed by atoms with Gasteiger partial charge in [-0.2, -0.15) is 5.26 Å². The van der Waals surface area contributed by atoms with Crippen LogP contribution in [-0.4, -0.2) is 16.1 Å². The normalized spacial score (nSPS) is 11.7. The zero-order valence-corrected chi connectivity index (χ0v) is 16.1. The highest BCUT2D eigenvalue weighted by molar-refractivity contribution is 8.00. The molecule has 2 rings (SSSR count). The summed E-state index contributed by atoms with van der Waals surface area (Å²) in [7, 11) is 0. The summed E-state index contributed by atoms with van der Waals surface area (Å²) >= 11 is 1.36. The van der Waals surface area contributed by atoms with Gasteiger partial charge in [-0.25, -0.2) is 4.98 Å². The first-order valence-corrected chi connectivity index (χ1v) is 9.16. The Balaban J connectivity index is 2.21. The number of carbonyl (C=O) groups is 1. The van der Waals surface area contributed by atoms with Crippen LogP contribution < -0.4 is 5.32 Å². The Morgan fingerprint density at radius 3 is 2.52 bits per heavy atom. The summed E-state index contributed by atoms with van der Waals surface area (Å²) in [4.78, 5) is 17.1. The Bertz CT molecular complexity index is 840. The fourth-order valence-electron chi connectivity index (χ4n) is 2.52. The molecule has 1 unspecified atom stereocenters. The number of hydrogen-bond acceptors (Lipinski definition) is 4. The Morgan fingerprint density at radius 1 is 1.20 bits per heavy atom. The average Bonchev–Trinajstić information content (AvgIpc) is 2.55. The Kier molecular flexibility index (Phi) is 6.22. The minimum absolute atomic E-state index is 0.0689. The van der Waals surface area contributed by atoms with Crippen LogP contribution in [0.5, 0.6) is 0 Å². The van der Waals surface area contributed by atoms with E-state index in [0.717, 1.165) is 22.5 Å². The van der Waals surface area contributed by atoms with E-state index in [1.807, 2.05) is 58.9 Å². The Labute approximate surface area is 153 Å². The largest absolute Gasteiger partial charge is 0.325 e. The molecule has 0 saturated carbocycles. The maximum Gasteiger partial charge on any atom is 0.237 e. The molecule has 0 aliphatic carbocycles. The van der Waals surface area contributed by atoms with Crippen molar-refractivity contribution < 1.29 is 4.79 Å². The van der Waals surface area contributed by atoms with Crippen molar-refractivity contribution >= 4 is 23.4 Å². The molecule has 1 aromatic heterocycles. The number of thioether (sulfide) groups is 1. The first-order valence-electron chi connectivity index (χ1n) is 8.28. The standard InChI is InChI=1S/C20H23N3OS/c1-6-18(19(24)23-16-8-7-12(2)13(3)10-16)25-20-17(11-21)14(4)9-15(5)22-20/h7-10,18H,6H2,1-5H3,(H,23,24). The first-order chi connectivity index (χ1) is 11.8. The summed E-state index contributed by atoms with van der Waals surface area (Å²) in [5, 5.41) is 12.7. The number of anilines is 1. The van der Waals surface area contributed by atoms with Crippen molar-refractivity contribution in [3.8, 4) is 6.07 Å². The van der Waals surface area contributed by atoms with E-state index in [9.17, 15) is 10.1 Å². The van der Waals surface area contributed by atoms with Crippen molar-refractivity contribution in [2.45, 2.75) is 51.3 Å². The van der Waals surface area contributed by atoms with Crippen molar-refractivity contribution in [3.05, 3.63) is 52.2 Å². The number of pyridine rings is 1. The number of nitrogens with one attached hydrogen (secondary N) is 1. The van der Waals surface area contributed by atoms with Crippen molar-refractivity contribution in [2.75, 3.05) is 5.32 Å². The Hall–Kier alpha value is -2.32. The van der Waals surface area contributed by atoms with E-state index in [-0.39, 0.29) is 11.2 Å². The highest BCUT2D eigenvalue weighted by Crippen LogP contribution is 2.29. The van der Waals surface area contributed by atoms with Crippen LogP contribution in [0.1, 0.15) is 41.3 Å². The number of benzene rings is 1. The molecule has 130 valence electrons. The number of rotatable bonds is 5. The molecule has 1 aromatic carbocycles. The summed E-state index contributed by atoms with van der Waals surface area (Å²) < 4.78 is 0. The predicted molar refractivity (Wildman–Crippen MR) is 103 cm³/mol. The van der Waals surface area contributed by atoms with E-state index in [0.29, 0.717) is 17.0 Å². The maximum atomic E-state index is 12.7. The van der Waals surface area contributed by atoms with Crippen LogP contribution in [0.2, 0.25) is 0 Å². The third kappa shape index (κ3) is 4.61. The third-order valence-electron chi connectivity index (χ3n) is 4.11. The number of hydrogen-bond donors (Lipinski definition) is 1. The van der Waals surface area contributed by atoms with Gasteiger partial charge in [0.15, 0.2) is 0 Å². The number of amides is 1. The predicted octanol–water partition coefficient (Wildman–Crippen LogP) is 4.70. The highest BCUT2D eigenvalue weighted by Gasteiger charge is 2.21. The zero-order chi connectivity index (χ0) is 18.6. The van der Waals surface area contributed by atoms with Crippen LogP contribution in [0, 0.1) is 39.0 Å². The molecule has 0 fully saturated rings. The summed E-state index contributed by atoms with van der Waals surface area (Å²) in [6.45, 7) is 9.82. The summed E-state index contributed by atoms with van der Waals surface area (Å²) in [6, 6.07) is 9.98. The second kappa shape index (κ2) is 8.17. The lowest BCUT2D eigenvalue weighted by molar-refractivity contribution is -0.115. The molecule has 1 heterocycles. The molecule has 1 amide bonds. The van der Waals surface area contributed by atoms with Crippen LogP contribution in [0.3, 0.4) is 0 Å². The lowest BCUT2D eigenvalue weighted by atomic mass is 10.1. The first kappa shape index (κ1) is 19.0. The van der Waals surface area contributed by atoms with E-state index >= 15 is 0 Å². The topological polar surface area (TPSA) is 65.8 Å². The minimum atomic E-state index is -0.303. The van der Waals surface area contributed by atoms with Gasteiger partial charge in [-0.15, -0.1) is 0 Å². The number of carbonyl (C=O) groups excluding carboxylic acids is 1. The van der Waals surface area contributed by atoms with Crippen LogP contribution in [-0.2, 0) is 4.79 Å². The number of aromatic nitrogens is 1. The van der Waals surface area contributed by atoms with E-state index in [2.05, 4.69) is 16.4 Å². The van der Waals surface area contributed by atoms with E-state index < -0.39 is 0 Å². The lowest BCUT2D eigenvalue weighted by Gasteiger charge is -2.16. The van der Waals surface area contributed by atoms with E-state index in [4.69, 9.17) is 0 Å². The lowest BCUT2D eigenvalue weighted by Crippen LogP contribution is -2.25. The molecule has 0 radical (unpaired) electrons. The maximum absolute atomic E-state index is 12.7. The van der Waals surface area contributed by atoms with Crippen LogP contribution in [0.15, 0.2) is 29.3 Å². The van der Waals surface area contributed by atoms with Gasteiger partial charge in [0.25, 0.3) is 0 Å². The second-order valence-corrected chi connectivity index (χ2v) is 7.37. The van der Waals surface area contributed by atoms with E-state index in [1.54, 1.807) is 0 Å². The quantitative estimate of drug-likeness (QED) is 0.792. The van der Waals surface area contributed by atoms with Gasteiger partial charge in [0.2, 0.25) is 5.91 Å². The molecule has 4 nitrogen and oxygen atoms in total. The van der Waals surface area contributed by atoms with Crippen LogP contribution >= 0.6 is 11.8 Å². The number of nitriles is 1. The fourth-order valence-corrected chi connectivity index (χ4v) is 3.65. The monoisotopic (exact) mass is 353 g/mol. The Morgan fingerprint density at radius 2 is 1.92 bits per heavy atom. The van der Waals surface area contributed by atoms with Crippen LogP contribution in [0.4, 0.5) is 5.69 Å². The van der Waals surface area contributed by atoms with Gasteiger partial charge in [-0.1, -0.05) is 24.8 Å². The van der Waals surface area contributed by atoms with Gasteiger partial charge in [0, 0.05) is 11.4 Å². The molecule has 5 heteroatoms. The molecule has 0 bridgehead atoms. The van der Waals surface area contributed by atoms with Gasteiger partial charge in [0.05, 0.1) is 10.8 Å². The fraction of sp³-hybridized carbons (Fsp3) is 0.350. The molecule has 25 heavy (non-hydrogen) atoms. The highest BCUT2D eigenvalue weighted by atomic mass is 32.2.